The highest BCUT2D eigenvalue weighted by Crippen LogP contribution is 2.23. The number of halogens is 3. The van der Waals surface area contributed by atoms with Crippen LogP contribution in [0.15, 0.2) is 24.3 Å². The predicted octanol–water partition coefficient (Wildman–Crippen LogP) is -1.03. The van der Waals surface area contributed by atoms with E-state index in [4.69, 9.17) is 0 Å². The summed E-state index contributed by atoms with van der Waals surface area (Å²) in [6.45, 7) is 5.40. The van der Waals surface area contributed by atoms with E-state index in [1.807, 2.05) is 6.92 Å². The fourth-order valence-corrected chi connectivity index (χ4v) is 3.45. The van der Waals surface area contributed by atoms with Crippen LogP contribution < -0.4 is 25.2 Å². The number of carbonyl (C=O) groups is 2. The molecule has 1 aromatic rings. The molecule has 0 spiro atoms. The van der Waals surface area contributed by atoms with Gasteiger partial charge in [-0.3, -0.25) is 9.59 Å². The largest absolute Gasteiger partial charge is 0.573 e. The Kier molecular flexibility index (Phi) is 6.63. The van der Waals surface area contributed by atoms with E-state index in [0.29, 0.717) is 11.7 Å². The summed E-state index contributed by atoms with van der Waals surface area (Å²) in [5.41, 5.74) is 0.415. The molecule has 1 atom stereocenters. The highest BCUT2D eigenvalue weighted by molar-refractivity contribution is 5.91. The summed E-state index contributed by atoms with van der Waals surface area (Å²) in [6.07, 6.45) is -2.61. The van der Waals surface area contributed by atoms with Gasteiger partial charge in [0.25, 0.3) is 11.8 Å². The highest BCUT2D eigenvalue weighted by atomic mass is 19.4. The quantitative estimate of drug-likeness (QED) is 0.460. The van der Waals surface area contributed by atoms with Crippen LogP contribution in [-0.4, -0.2) is 63.0 Å². The molecule has 160 valence electrons. The minimum absolute atomic E-state index is 0.0941. The first-order valence-corrected chi connectivity index (χ1v) is 9.84. The number of amides is 2. The molecular formula is C19H27F3N4O3+2. The average molecular weight is 416 g/mol. The normalized spacial score (nSPS) is 23.2. The van der Waals surface area contributed by atoms with E-state index in [2.05, 4.69) is 15.4 Å². The van der Waals surface area contributed by atoms with Crippen molar-refractivity contribution >= 4 is 17.5 Å². The van der Waals surface area contributed by atoms with Crippen molar-refractivity contribution in [3.05, 3.63) is 24.3 Å². The number of piperazine rings is 1. The lowest BCUT2D eigenvalue weighted by Gasteiger charge is -2.32. The molecule has 0 radical (unpaired) electrons. The Balaban J connectivity index is 1.39. The molecule has 1 heterocycles. The zero-order chi connectivity index (χ0) is 21.0. The number of hydrogen-bond donors (Lipinski definition) is 4. The molecule has 4 N–H and O–H groups in total. The molecule has 7 nitrogen and oxygen atoms in total. The second kappa shape index (κ2) is 9.00. The molecule has 1 saturated carbocycles. The van der Waals surface area contributed by atoms with E-state index in [9.17, 15) is 22.8 Å². The summed E-state index contributed by atoms with van der Waals surface area (Å²) in [4.78, 5) is 26.8. The van der Waals surface area contributed by atoms with Gasteiger partial charge in [-0.05, 0) is 44.0 Å². The van der Waals surface area contributed by atoms with Gasteiger partial charge in [0, 0.05) is 11.7 Å². The number of anilines is 1. The van der Waals surface area contributed by atoms with E-state index in [1.165, 1.54) is 17.0 Å². The van der Waals surface area contributed by atoms with Crippen molar-refractivity contribution in [1.82, 2.24) is 5.32 Å². The van der Waals surface area contributed by atoms with Gasteiger partial charge in [-0.1, -0.05) is 0 Å². The molecule has 1 aliphatic carbocycles. The van der Waals surface area contributed by atoms with E-state index < -0.39 is 6.36 Å². The van der Waals surface area contributed by atoms with Crippen LogP contribution in [0, 0.1) is 0 Å². The van der Waals surface area contributed by atoms with Gasteiger partial charge in [-0.2, -0.15) is 0 Å². The Bertz CT molecular complexity index is 714. The number of carbonyl (C=O) groups excluding carboxylic acids is 2. The van der Waals surface area contributed by atoms with Crippen molar-refractivity contribution in [3.8, 4) is 5.75 Å². The van der Waals surface area contributed by atoms with Gasteiger partial charge in [0.1, 0.15) is 31.9 Å². The standard InChI is InChI=1S/C19H25F3N4O3/c1-13(18(28)24-15-2-3-15)26-10-8-25(9-11-26)12-17(27)23-14-4-6-16(7-5-14)29-19(20,21)22/h4-7,13,15H,2-3,8-12H2,1H3,(H,23,27)(H,24,28)/p+2/t13-/m1/s1. The molecule has 0 aromatic heterocycles. The third kappa shape index (κ3) is 6.90. The van der Waals surface area contributed by atoms with E-state index in [0.717, 1.165) is 56.1 Å². The molecule has 29 heavy (non-hydrogen) atoms. The Morgan fingerprint density at radius 1 is 1.14 bits per heavy atom. The van der Waals surface area contributed by atoms with Gasteiger partial charge >= 0.3 is 6.36 Å². The van der Waals surface area contributed by atoms with Gasteiger partial charge in [-0.25, -0.2) is 0 Å². The van der Waals surface area contributed by atoms with E-state index in [-0.39, 0.29) is 30.2 Å². The zero-order valence-electron chi connectivity index (χ0n) is 16.3. The van der Waals surface area contributed by atoms with Crippen molar-refractivity contribution < 1.29 is 37.3 Å². The molecule has 1 aromatic carbocycles. The number of ether oxygens (including phenoxy) is 1. The molecule has 3 rings (SSSR count). The van der Waals surface area contributed by atoms with Crippen molar-refractivity contribution in [1.29, 1.82) is 0 Å². The summed E-state index contributed by atoms with van der Waals surface area (Å²) in [5.74, 6) is -0.436. The molecule has 2 aliphatic rings. The summed E-state index contributed by atoms with van der Waals surface area (Å²) < 4.78 is 40.3. The maximum absolute atomic E-state index is 12.2. The second-order valence-electron chi connectivity index (χ2n) is 7.71. The van der Waals surface area contributed by atoms with Crippen LogP contribution in [0.5, 0.6) is 5.75 Å². The molecule has 0 unspecified atom stereocenters. The van der Waals surface area contributed by atoms with Crippen LogP contribution in [-0.2, 0) is 9.59 Å². The van der Waals surface area contributed by atoms with Crippen molar-refractivity contribution in [2.24, 2.45) is 0 Å². The van der Waals surface area contributed by atoms with E-state index >= 15 is 0 Å². The average Bonchev–Trinajstić information content (AvgIpc) is 3.46. The molecule has 0 bridgehead atoms. The zero-order valence-corrected chi connectivity index (χ0v) is 16.3. The topological polar surface area (TPSA) is 76.3 Å². The summed E-state index contributed by atoms with van der Waals surface area (Å²) in [7, 11) is 0. The van der Waals surface area contributed by atoms with Crippen LogP contribution in [0.1, 0.15) is 19.8 Å². The first-order chi connectivity index (χ1) is 13.7. The van der Waals surface area contributed by atoms with Gasteiger partial charge in [0.05, 0.1) is 0 Å². The Hall–Kier alpha value is -2.33. The molecule has 2 fully saturated rings. The molecule has 1 aliphatic heterocycles. The Labute approximate surface area is 167 Å². The van der Waals surface area contributed by atoms with Crippen molar-refractivity contribution in [2.45, 2.75) is 38.2 Å². The van der Waals surface area contributed by atoms with Crippen LogP contribution in [0.25, 0.3) is 0 Å². The van der Waals surface area contributed by atoms with Crippen LogP contribution in [0.3, 0.4) is 0 Å². The first-order valence-electron chi connectivity index (χ1n) is 9.84. The summed E-state index contributed by atoms with van der Waals surface area (Å²) >= 11 is 0. The maximum Gasteiger partial charge on any atom is 0.573 e. The third-order valence-corrected chi connectivity index (χ3v) is 5.31. The van der Waals surface area contributed by atoms with Crippen molar-refractivity contribution in [2.75, 3.05) is 38.0 Å². The minimum Gasteiger partial charge on any atom is -0.406 e. The smallest absolute Gasteiger partial charge is 0.406 e. The Morgan fingerprint density at radius 2 is 1.76 bits per heavy atom. The van der Waals surface area contributed by atoms with Crippen molar-refractivity contribution in [3.63, 3.8) is 0 Å². The first kappa shape index (κ1) is 21.4. The molecular weight excluding hydrogens is 389 g/mol. The number of rotatable bonds is 7. The lowest BCUT2D eigenvalue weighted by molar-refractivity contribution is -1.01. The molecule has 2 amide bonds. The SMILES string of the molecule is C[C@H](C(=O)NC1CC1)[NH+]1CC[NH+](CC(=O)Nc2ccc(OC(F)(F)F)cc2)CC1. The van der Waals surface area contributed by atoms with Gasteiger partial charge in [0.2, 0.25) is 0 Å². The molecule has 10 heteroatoms. The van der Waals surface area contributed by atoms with Gasteiger partial charge in [-0.15, -0.1) is 13.2 Å². The van der Waals surface area contributed by atoms with Crippen LogP contribution in [0.4, 0.5) is 18.9 Å². The summed E-state index contributed by atoms with van der Waals surface area (Å²) in [5, 5.41) is 5.73. The fraction of sp³-hybridized carbons (Fsp3) is 0.579. The lowest BCUT2D eigenvalue weighted by atomic mass is 10.2. The summed E-state index contributed by atoms with van der Waals surface area (Å²) in [6, 6.07) is 5.32. The highest BCUT2D eigenvalue weighted by Gasteiger charge is 2.34. The predicted molar refractivity (Wildman–Crippen MR) is 98.6 cm³/mol. The van der Waals surface area contributed by atoms with E-state index in [1.54, 1.807) is 0 Å². The third-order valence-electron chi connectivity index (χ3n) is 5.31. The van der Waals surface area contributed by atoms with Crippen LogP contribution in [0.2, 0.25) is 0 Å². The number of hydrogen-bond acceptors (Lipinski definition) is 3. The number of nitrogens with one attached hydrogen (secondary N) is 4. The van der Waals surface area contributed by atoms with Crippen LogP contribution >= 0.6 is 0 Å². The minimum atomic E-state index is -4.74. The fourth-order valence-electron chi connectivity index (χ4n) is 3.45. The molecule has 1 saturated heterocycles. The lowest BCUT2D eigenvalue weighted by Crippen LogP contribution is -3.30. The number of benzene rings is 1. The maximum atomic E-state index is 12.2. The Morgan fingerprint density at radius 3 is 2.31 bits per heavy atom. The van der Waals surface area contributed by atoms with Gasteiger partial charge in [0.15, 0.2) is 12.6 Å². The number of alkyl halides is 3. The number of quaternary nitrogens is 2. The monoisotopic (exact) mass is 416 g/mol. The van der Waals surface area contributed by atoms with Gasteiger partial charge < -0.3 is 25.2 Å². The second-order valence-corrected chi connectivity index (χ2v) is 7.71.